The molecule has 0 fully saturated rings. The Balaban J connectivity index is 2.74. The van der Waals surface area contributed by atoms with Gasteiger partial charge in [0.2, 0.25) is 0 Å². The van der Waals surface area contributed by atoms with E-state index in [1.165, 1.54) is 7.11 Å². The second-order valence-corrected chi connectivity index (χ2v) is 3.64. The van der Waals surface area contributed by atoms with Gasteiger partial charge in [-0.1, -0.05) is 23.7 Å². The van der Waals surface area contributed by atoms with Crippen molar-refractivity contribution in [1.82, 2.24) is 4.98 Å². The van der Waals surface area contributed by atoms with E-state index in [2.05, 4.69) is 9.72 Å². The van der Waals surface area contributed by atoms with Gasteiger partial charge in [-0.05, 0) is 12.1 Å². The highest BCUT2D eigenvalue weighted by Gasteiger charge is 2.14. The minimum atomic E-state index is -0.570. The molecule has 0 amide bonds. The van der Waals surface area contributed by atoms with Gasteiger partial charge in [0.05, 0.1) is 23.3 Å². The van der Waals surface area contributed by atoms with Crippen molar-refractivity contribution >= 4 is 34.2 Å². The number of fused-ring (bicyclic) bond motifs is 1. The summed E-state index contributed by atoms with van der Waals surface area (Å²) in [5.74, 6) is -0.570. The fourth-order valence-electron chi connectivity index (χ4n) is 1.44. The highest BCUT2D eigenvalue weighted by atomic mass is 35.5. The zero-order valence-corrected chi connectivity index (χ0v) is 9.28. The first-order valence-electron chi connectivity index (χ1n) is 4.56. The minimum Gasteiger partial charge on any atom is -0.464 e. The number of rotatable bonds is 1. The zero-order chi connectivity index (χ0) is 11.7. The lowest BCUT2D eigenvalue weighted by atomic mass is 10.2. The van der Waals surface area contributed by atoms with Crippen molar-refractivity contribution in [2.75, 3.05) is 12.8 Å². The number of halogens is 1. The molecule has 0 unspecified atom stereocenters. The summed E-state index contributed by atoms with van der Waals surface area (Å²) in [5, 5.41) is 1.26. The lowest BCUT2D eigenvalue weighted by Gasteiger charge is -2.06. The largest absolute Gasteiger partial charge is 0.464 e. The summed E-state index contributed by atoms with van der Waals surface area (Å²) < 4.78 is 4.58. The van der Waals surface area contributed by atoms with Crippen LogP contribution in [0.4, 0.5) is 5.69 Å². The van der Waals surface area contributed by atoms with Gasteiger partial charge in [0, 0.05) is 5.39 Å². The van der Waals surface area contributed by atoms with Crippen molar-refractivity contribution in [3.05, 3.63) is 35.0 Å². The number of hydrogen-bond donors (Lipinski definition) is 1. The normalized spacial score (nSPS) is 10.4. The minimum absolute atomic E-state index is 0.0862. The van der Waals surface area contributed by atoms with Crippen LogP contribution in [0.25, 0.3) is 10.9 Å². The highest BCUT2D eigenvalue weighted by Crippen LogP contribution is 2.25. The van der Waals surface area contributed by atoms with Crippen molar-refractivity contribution in [3.8, 4) is 0 Å². The monoisotopic (exact) mass is 236 g/mol. The van der Waals surface area contributed by atoms with E-state index >= 15 is 0 Å². The Hall–Kier alpha value is -1.81. The van der Waals surface area contributed by atoms with Crippen molar-refractivity contribution in [3.63, 3.8) is 0 Å². The first-order valence-corrected chi connectivity index (χ1v) is 4.94. The Morgan fingerprint density at radius 1 is 1.50 bits per heavy atom. The van der Waals surface area contributed by atoms with Gasteiger partial charge in [-0.15, -0.1) is 0 Å². The Bertz CT molecular complexity index is 569. The molecule has 0 aliphatic heterocycles. The number of methoxy groups -OCH3 is 1. The van der Waals surface area contributed by atoms with Gasteiger partial charge in [0.15, 0.2) is 5.69 Å². The number of nitrogens with zero attached hydrogens (tertiary/aromatic N) is 1. The van der Waals surface area contributed by atoms with E-state index in [-0.39, 0.29) is 11.4 Å². The van der Waals surface area contributed by atoms with E-state index in [1.807, 2.05) is 6.07 Å². The number of hydrogen-bond acceptors (Lipinski definition) is 4. The van der Waals surface area contributed by atoms with Crippen molar-refractivity contribution < 1.29 is 9.53 Å². The summed E-state index contributed by atoms with van der Waals surface area (Å²) in [7, 11) is 1.28. The third-order valence-corrected chi connectivity index (χ3v) is 2.51. The SMILES string of the molecule is COC(=O)c1nc2c(Cl)cccc2cc1N. The van der Waals surface area contributed by atoms with E-state index in [0.29, 0.717) is 10.5 Å². The number of pyridine rings is 1. The van der Waals surface area contributed by atoms with E-state index in [9.17, 15) is 4.79 Å². The molecule has 0 saturated carbocycles. The Kier molecular flexibility index (Phi) is 2.66. The molecule has 1 heterocycles. The Morgan fingerprint density at radius 3 is 2.94 bits per heavy atom. The second-order valence-electron chi connectivity index (χ2n) is 3.23. The van der Waals surface area contributed by atoms with Crippen LogP contribution in [0.5, 0.6) is 0 Å². The predicted octanol–water partition coefficient (Wildman–Crippen LogP) is 2.26. The van der Waals surface area contributed by atoms with Crippen LogP contribution in [0.2, 0.25) is 5.02 Å². The average molecular weight is 237 g/mol. The standard InChI is InChI=1S/C11H9ClN2O2/c1-16-11(15)10-8(13)5-6-3-2-4-7(12)9(6)14-10/h2-5H,13H2,1H3. The van der Waals surface area contributed by atoms with Crippen LogP contribution in [0, 0.1) is 0 Å². The van der Waals surface area contributed by atoms with Crippen LogP contribution >= 0.6 is 11.6 Å². The Labute approximate surface area is 97.0 Å². The third kappa shape index (κ3) is 1.67. The van der Waals surface area contributed by atoms with Gasteiger partial charge >= 0.3 is 5.97 Å². The van der Waals surface area contributed by atoms with Gasteiger partial charge in [-0.2, -0.15) is 0 Å². The number of ether oxygens (including phenoxy) is 1. The number of nitrogen functional groups attached to an aromatic ring is 1. The fourth-order valence-corrected chi connectivity index (χ4v) is 1.66. The van der Waals surface area contributed by atoms with Gasteiger partial charge in [0.1, 0.15) is 0 Å². The second kappa shape index (κ2) is 3.98. The highest BCUT2D eigenvalue weighted by molar-refractivity contribution is 6.35. The van der Waals surface area contributed by atoms with Gasteiger partial charge in [0.25, 0.3) is 0 Å². The average Bonchev–Trinajstić information content (AvgIpc) is 2.28. The molecule has 0 radical (unpaired) electrons. The molecule has 5 heteroatoms. The summed E-state index contributed by atoms with van der Waals surface area (Å²) in [5.41, 5.74) is 6.61. The summed E-state index contributed by atoms with van der Waals surface area (Å²) >= 11 is 5.97. The zero-order valence-electron chi connectivity index (χ0n) is 8.53. The van der Waals surface area contributed by atoms with Crippen LogP contribution in [0.1, 0.15) is 10.5 Å². The van der Waals surface area contributed by atoms with Crippen LogP contribution in [0.3, 0.4) is 0 Å². The molecule has 0 atom stereocenters. The van der Waals surface area contributed by atoms with Crippen molar-refractivity contribution in [2.24, 2.45) is 0 Å². The molecule has 0 spiro atoms. The number of aromatic nitrogens is 1. The Morgan fingerprint density at radius 2 is 2.25 bits per heavy atom. The molecule has 2 rings (SSSR count). The van der Waals surface area contributed by atoms with Crippen molar-refractivity contribution in [2.45, 2.75) is 0 Å². The molecular weight excluding hydrogens is 228 g/mol. The van der Waals surface area contributed by atoms with Gasteiger partial charge in [-0.25, -0.2) is 9.78 Å². The first kappa shape index (κ1) is 10.7. The smallest absolute Gasteiger partial charge is 0.358 e. The number of nitrogens with two attached hydrogens (primary N) is 1. The number of benzene rings is 1. The molecule has 1 aromatic carbocycles. The maximum absolute atomic E-state index is 11.4. The summed E-state index contributed by atoms with van der Waals surface area (Å²) in [6.07, 6.45) is 0. The molecular formula is C11H9ClN2O2. The number of anilines is 1. The van der Waals surface area contributed by atoms with E-state index < -0.39 is 5.97 Å². The third-order valence-electron chi connectivity index (χ3n) is 2.20. The number of carbonyl (C=O) groups is 1. The molecule has 0 aliphatic rings. The lowest BCUT2D eigenvalue weighted by molar-refractivity contribution is 0.0596. The maximum atomic E-state index is 11.4. The maximum Gasteiger partial charge on any atom is 0.358 e. The number of para-hydroxylation sites is 1. The van der Waals surface area contributed by atoms with Crippen LogP contribution in [-0.4, -0.2) is 18.1 Å². The van der Waals surface area contributed by atoms with Crippen molar-refractivity contribution in [1.29, 1.82) is 0 Å². The van der Waals surface area contributed by atoms with Crippen LogP contribution in [0.15, 0.2) is 24.3 Å². The summed E-state index contributed by atoms with van der Waals surface area (Å²) in [6.45, 7) is 0. The molecule has 4 nitrogen and oxygen atoms in total. The van der Waals surface area contributed by atoms with Gasteiger partial charge < -0.3 is 10.5 Å². The number of esters is 1. The topological polar surface area (TPSA) is 65.2 Å². The van der Waals surface area contributed by atoms with E-state index in [4.69, 9.17) is 17.3 Å². The number of carbonyl (C=O) groups excluding carboxylic acids is 1. The molecule has 0 bridgehead atoms. The molecule has 16 heavy (non-hydrogen) atoms. The summed E-state index contributed by atoms with van der Waals surface area (Å²) in [6, 6.07) is 6.98. The van der Waals surface area contributed by atoms with Gasteiger partial charge in [-0.3, -0.25) is 0 Å². The molecule has 2 aromatic rings. The summed E-state index contributed by atoms with van der Waals surface area (Å²) in [4.78, 5) is 15.5. The molecule has 0 saturated heterocycles. The van der Waals surface area contributed by atoms with Crippen LogP contribution in [-0.2, 0) is 4.74 Å². The quantitative estimate of drug-likeness (QED) is 0.772. The fraction of sp³-hybridized carbons (Fsp3) is 0.0909. The van der Waals surface area contributed by atoms with Crippen LogP contribution < -0.4 is 5.73 Å². The van der Waals surface area contributed by atoms with E-state index in [1.54, 1.807) is 18.2 Å². The first-order chi connectivity index (χ1) is 7.63. The molecule has 2 N–H and O–H groups in total. The molecule has 1 aromatic heterocycles. The molecule has 82 valence electrons. The lowest BCUT2D eigenvalue weighted by Crippen LogP contribution is -2.08. The van der Waals surface area contributed by atoms with E-state index in [0.717, 1.165) is 5.39 Å². The predicted molar refractivity (Wildman–Crippen MR) is 62.5 cm³/mol. The molecule has 0 aliphatic carbocycles.